The van der Waals surface area contributed by atoms with Crippen molar-refractivity contribution in [1.82, 2.24) is 20.1 Å². The van der Waals surface area contributed by atoms with E-state index in [0.717, 1.165) is 13.1 Å². The Hall–Kier alpha value is -1.99. The third-order valence-electron chi connectivity index (χ3n) is 3.39. The van der Waals surface area contributed by atoms with Gasteiger partial charge in [0.15, 0.2) is 0 Å². The van der Waals surface area contributed by atoms with Crippen LogP contribution in [-0.4, -0.2) is 66.5 Å². The molecule has 0 bridgehead atoms. The van der Waals surface area contributed by atoms with Gasteiger partial charge in [0.05, 0.1) is 5.56 Å². The second-order valence-corrected chi connectivity index (χ2v) is 4.60. The monoisotopic (exact) mass is 277 g/mol. The Balaban J connectivity index is 2.01. The van der Waals surface area contributed by atoms with Crippen LogP contribution in [0.15, 0.2) is 18.3 Å². The molecule has 20 heavy (non-hydrogen) atoms. The summed E-state index contributed by atoms with van der Waals surface area (Å²) in [5, 5.41) is 2.51. The molecule has 1 fully saturated rings. The lowest BCUT2D eigenvalue weighted by Gasteiger charge is -2.33. The number of carbonyl (C=O) groups is 2. The molecular weight excluding hydrogens is 258 g/mol. The Morgan fingerprint density at radius 3 is 2.50 bits per heavy atom. The number of amides is 2. The summed E-state index contributed by atoms with van der Waals surface area (Å²) < 4.78 is 0. The van der Waals surface area contributed by atoms with E-state index in [0.29, 0.717) is 31.0 Å². The van der Waals surface area contributed by atoms with E-state index in [1.807, 2.05) is 0 Å². The van der Waals surface area contributed by atoms with Gasteiger partial charge in [-0.15, -0.1) is 0 Å². The molecule has 0 radical (unpaired) electrons. The van der Waals surface area contributed by atoms with Gasteiger partial charge in [-0.3, -0.25) is 19.5 Å². The molecule has 0 unspecified atom stereocenters. The van der Waals surface area contributed by atoms with Gasteiger partial charge in [0.1, 0.15) is 5.69 Å². The van der Waals surface area contributed by atoms with Crippen molar-refractivity contribution in [3.63, 3.8) is 0 Å². The van der Waals surface area contributed by atoms with Crippen molar-refractivity contribution in [2.45, 2.75) is 0 Å². The van der Waals surface area contributed by atoms with E-state index in [1.54, 1.807) is 24.1 Å². The number of pyridine rings is 1. The number of hydrogen-bond acceptors (Lipinski definition) is 5. The molecule has 1 aliphatic rings. The molecule has 1 saturated heterocycles. The van der Waals surface area contributed by atoms with E-state index in [2.05, 4.69) is 15.2 Å². The van der Waals surface area contributed by atoms with Gasteiger partial charge in [0.2, 0.25) is 0 Å². The molecule has 7 nitrogen and oxygen atoms in total. The standard InChI is InChI=1S/C13H19N5O2/c1-15-12(19)10-2-3-11(16-8-10)13(20)18-6-4-17(9-14)5-7-18/h2-3,8H,4-7,9,14H2,1H3,(H,15,19). The smallest absolute Gasteiger partial charge is 0.272 e. The first-order valence-corrected chi connectivity index (χ1v) is 6.55. The molecule has 2 heterocycles. The first kappa shape index (κ1) is 14.4. The molecule has 0 aromatic carbocycles. The number of nitrogens with one attached hydrogen (secondary N) is 1. The zero-order valence-corrected chi connectivity index (χ0v) is 11.5. The van der Waals surface area contributed by atoms with Crippen molar-refractivity contribution in [1.29, 1.82) is 0 Å². The minimum absolute atomic E-state index is 0.106. The highest BCUT2D eigenvalue weighted by molar-refractivity contribution is 5.96. The van der Waals surface area contributed by atoms with Gasteiger partial charge in [-0.2, -0.15) is 0 Å². The Morgan fingerprint density at radius 2 is 2.00 bits per heavy atom. The maximum atomic E-state index is 12.3. The predicted molar refractivity (Wildman–Crippen MR) is 74.2 cm³/mol. The van der Waals surface area contributed by atoms with Crippen molar-refractivity contribution in [2.75, 3.05) is 39.9 Å². The maximum absolute atomic E-state index is 12.3. The molecule has 0 saturated carbocycles. The molecule has 0 spiro atoms. The topological polar surface area (TPSA) is 91.6 Å². The van der Waals surface area contributed by atoms with Crippen molar-refractivity contribution in [3.05, 3.63) is 29.6 Å². The van der Waals surface area contributed by atoms with Gasteiger partial charge in [-0.05, 0) is 12.1 Å². The summed E-state index contributed by atoms with van der Waals surface area (Å²) in [7, 11) is 1.55. The van der Waals surface area contributed by atoms with E-state index in [4.69, 9.17) is 5.73 Å². The fraction of sp³-hybridized carbons (Fsp3) is 0.462. The van der Waals surface area contributed by atoms with Crippen LogP contribution in [0.2, 0.25) is 0 Å². The lowest BCUT2D eigenvalue weighted by molar-refractivity contribution is 0.0634. The van der Waals surface area contributed by atoms with E-state index in [9.17, 15) is 9.59 Å². The lowest BCUT2D eigenvalue weighted by Crippen LogP contribution is -2.50. The van der Waals surface area contributed by atoms with Crippen molar-refractivity contribution >= 4 is 11.8 Å². The van der Waals surface area contributed by atoms with Crippen LogP contribution in [0.3, 0.4) is 0 Å². The van der Waals surface area contributed by atoms with Crippen molar-refractivity contribution < 1.29 is 9.59 Å². The molecule has 108 valence electrons. The predicted octanol–water partition coefficient (Wildman–Crippen LogP) is -0.885. The number of piperazine rings is 1. The van der Waals surface area contributed by atoms with E-state index in [-0.39, 0.29) is 11.8 Å². The fourth-order valence-corrected chi connectivity index (χ4v) is 2.09. The first-order chi connectivity index (χ1) is 9.65. The van der Waals surface area contributed by atoms with Crippen LogP contribution in [0, 0.1) is 0 Å². The largest absolute Gasteiger partial charge is 0.355 e. The highest BCUT2D eigenvalue weighted by atomic mass is 16.2. The average Bonchev–Trinajstić information content (AvgIpc) is 2.53. The van der Waals surface area contributed by atoms with Crippen LogP contribution >= 0.6 is 0 Å². The number of nitrogens with zero attached hydrogens (tertiary/aromatic N) is 3. The summed E-state index contributed by atoms with van der Waals surface area (Å²) in [5.74, 6) is -0.321. The lowest BCUT2D eigenvalue weighted by atomic mass is 10.2. The number of aromatic nitrogens is 1. The number of rotatable bonds is 3. The van der Waals surface area contributed by atoms with E-state index >= 15 is 0 Å². The highest BCUT2D eigenvalue weighted by Gasteiger charge is 2.22. The Bertz CT molecular complexity index is 480. The molecular formula is C13H19N5O2. The Kier molecular flexibility index (Phi) is 4.65. The maximum Gasteiger partial charge on any atom is 0.272 e. The molecule has 0 aliphatic carbocycles. The van der Waals surface area contributed by atoms with Gasteiger partial charge >= 0.3 is 0 Å². The second-order valence-electron chi connectivity index (χ2n) is 4.60. The number of carbonyl (C=O) groups excluding carboxylic acids is 2. The summed E-state index contributed by atoms with van der Waals surface area (Å²) in [4.78, 5) is 31.6. The normalized spacial score (nSPS) is 16.0. The summed E-state index contributed by atoms with van der Waals surface area (Å²) in [6.07, 6.45) is 1.42. The molecule has 2 rings (SSSR count). The van der Waals surface area contributed by atoms with Gasteiger partial charge in [-0.25, -0.2) is 0 Å². The molecule has 0 atom stereocenters. The first-order valence-electron chi connectivity index (χ1n) is 6.55. The summed E-state index contributed by atoms with van der Waals surface area (Å²) in [6.45, 7) is 3.36. The van der Waals surface area contributed by atoms with E-state index < -0.39 is 0 Å². The van der Waals surface area contributed by atoms with Gasteiger partial charge in [-0.1, -0.05) is 0 Å². The highest BCUT2D eigenvalue weighted by Crippen LogP contribution is 2.07. The average molecular weight is 277 g/mol. The second kappa shape index (κ2) is 6.44. The minimum Gasteiger partial charge on any atom is -0.355 e. The molecule has 1 aliphatic heterocycles. The molecule has 3 N–H and O–H groups in total. The molecule has 2 amide bonds. The van der Waals surface area contributed by atoms with Crippen molar-refractivity contribution in [3.8, 4) is 0 Å². The number of nitrogens with two attached hydrogens (primary N) is 1. The summed E-state index contributed by atoms with van der Waals surface area (Å²) in [5.41, 5.74) is 6.37. The number of hydrogen-bond donors (Lipinski definition) is 2. The molecule has 1 aromatic heterocycles. The van der Waals surface area contributed by atoms with Crippen LogP contribution in [0.25, 0.3) is 0 Å². The Labute approximate surface area is 117 Å². The minimum atomic E-state index is -0.215. The SMILES string of the molecule is CNC(=O)c1ccc(C(=O)N2CCN(CN)CC2)nc1. The quantitative estimate of drug-likeness (QED) is 0.748. The fourth-order valence-electron chi connectivity index (χ4n) is 2.09. The third kappa shape index (κ3) is 3.12. The summed E-state index contributed by atoms with van der Waals surface area (Å²) in [6, 6.07) is 3.19. The van der Waals surface area contributed by atoms with E-state index in [1.165, 1.54) is 6.20 Å². The van der Waals surface area contributed by atoms with Crippen LogP contribution in [0.5, 0.6) is 0 Å². The van der Waals surface area contributed by atoms with Crippen LogP contribution in [-0.2, 0) is 0 Å². The van der Waals surface area contributed by atoms with Crippen molar-refractivity contribution in [2.24, 2.45) is 5.73 Å². The van der Waals surface area contributed by atoms with Crippen LogP contribution in [0.4, 0.5) is 0 Å². The third-order valence-corrected chi connectivity index (χ3v) is 3.39. The van der Waals surface area contributed by atoms with Crippen LogP contribution < -0.4 is 11.1 Å². The summed E-state index contributed by atoms with van der Waals surface area (Å²) >= 11 is 0. The zero-order chi connectivity index (χ0) is 14.5. The Morgan fingerprint density at radius 1 is 1.30 bits per heavy atom. The van der Waals surface area contributed by atoms with Gasteiger partial charge in [0.25, 0.3) is 11.8 Å². The molecule has 1 aromatic rings. The van der Waals surface area contributed by atoms with Gasteiger partial charge < -0.3 is 16.0 Å². The zero-order valence-electron chi connectivity index (χ0n) is 11.5. The van der Waals surface area contributed by atoms with Crippen LogP contribution in [0.1, 0.15) is 20.8 Å². The molecule has 7 heteroatoms. The van der Waals surface area contributed by atoms with Gasteiger partial charge in [0, 0.05) is 46.1 Å².